The normalized spacial score (nSPS) is 11.1. The Morgan fingerprint density at radius 3 is 2.30 bits per heavy atom. The summed E-state index contributed by atoms with van der Waals surface area (Å²) in [6, 6.07) is 10.7. The van der Waals surface area contributed by atoms with Gasteiger partial charge in [0.25, 0.3) is 0 Å². The predicted octanol–water partition coefficient (Wildman–Crippen LogP) is 5.06. The lowest BCUT2D eigenvalue weighted by molar-refractivity contribution is 0.411. The first-order valence-corrected chi connectivity index (χ1v) is 9.69. The number of halogens is 3. The molecule has 0 saturated carbocycles. The zero-order valence-corrected chi connectivity index (χ0v) is 16.8. The van der Waals surface area contributed by atoms with Gasteiger partial charge in [-0.25, -0.2) is 23.1 Å². The van der Waals surface area contributed by atoms with Crippen molar-refractivity contribution < 1.29 is 17.9 Å². The molecule has 0 spiro atoms. The standard InChI is InChI=1S/C23H15F3N6O/c24-13-3-1-11(2-4-13)19-18(21(27)32-23(28)31-19)12-9-15(25)20(16(26)10-12)33-17-6-8-30-22-14(17)5-7-29-22/h1-10H,(H,29,30)(H4,27,28,31,32). The first-order valence-electron chi connectivity index (χ1n) is 9.69. The van der Waals surface area contributed by atoms with Crippen molar-refractivity contribution in [3.8, 4) is 33.9 Å². The highest BCUT2D eigenvalue weighted by atomic mass is 19.1. The summed E-state index contributed by atoms with van der Waals surface area (Å²) in [5, 5.41) is 0.565. The summed E-state index contributed by atoms with van der Waals surface area (Å²) in [5.41, 5.74) is 13.1. The number of aromatic amines is 1. The minimum atomic E-state index is -0.966. The topological polar surface area (TPSA) is 116 Å². The Morgan fingerprint density at radius 1 is 0.848 bits per heavy atom. The van der Waals surface area contributed by atoms with Gasteiger partial charge < -0.3 is 21.2 Å². The number of H-pyrrole nitrogens is 1. The number of nitrogens with zero attached hydrogens (tertiary/aromatic N) is 3. The van der Waals surface area contributed by atoms with Crippen LogP contribution in [-0.4, -0.2) is 19.9 Å². The summed E-state index contributed by atoms with van der Waals surface area (Å²) >= 11 is 0. The number of ether oxygens (including phenoxy) is 1. The molecular weight excluding hydrogens is 433 g/mol. The van der Waals surface area contributed by atoms with Gasteiger partial charge in [-0.1, -0.05) is 0 Å². The van der Waals surface area contributed by atoms with Crippen molar-refractivity contribution in [1.82, 2.24) is 19.9 Å². The summed E-state index contributed by atoms with van der Waals surface area (Å²) in [6.45, 7) is 0. The van der Waals surface area contributed by atoms with Gasteiger partial charge >= 0.3 is 0 Å². The largest absolute Gasteiger partial charge is 0.450 e. The number of nitrogens with one attached hydrogen (secondary N) is 1. The summed E-state index contributed by atoms with van der Waals surface area (Å²) in [4.78, 5) is 15.1. The highest BCUT2D eigenvalue weighted by Gasteiger charge is 2.21. The smallest absolute Gasteiger partial charge is 0.222 e. The number of aromatic nitrogens is 4. The molecule has 33 heavy (non-hydrogen) atoms. The molecule has 5 aromatic rings. The number of nitrogens with two attached hydrogens (primary N) is 2. The third-order valence-corrected chi connectivity index (χ3v) is 4.99. The number of rotatable bonds is 4. The van der Waals surface area contributed by atoms with Gasteiger partial charge in [-0.15, -0.1) is 0 Å². The summed E-state index contributed by atoms with van der Waals surface area (Å²) in [6.07, 6.45) is 3.10. The first-order chi connectivity index (χ1) is 15.9. The fourth-order valence-electron chi connectivity index (χ4n) is 3.53. The maximum Gasteiger partial charge on any atom is 0.222 e. The molecule has 0 unspecified atom stereocenters. The van der Waals surface area contributed by atoms with E-state index in [1.54, 1.807) is 12.3 Å². The van der Waals surface area contributed by atoms with Crippen LogP contribution in [0.4, 0.5) is 24.9 Å². The van der Waals surface area contributed by atoms with Crippen LogP contribution in [0, 0.1) is 17.5 Å². The predicted molar refractivity (Wildman–Crippen MR) is 118 cm³/mol. The molecule has 164 valence electrons. The van der Waals surface area contributed by atoms with Gasteiger partial charge in [0.2, 0.25) is 5.95 Å². The highest BCUT2D eigenvalue weighted by Crippen LogP contribution is 2.39. The molecule has 0 aliphatic carbocycles. The van der Waals surface area contributed by atoms with E-state index in [0.717, 1.165) is 12.1 Å². The Labute approximate surface area is 184 Å². The Bertz CT molecular complexity index is 1480. The minimum Gasteiger partial charge on any atom is -0.450 e. The number of benzene rings is 2. The van der Waals surface area contributed by atoms with Crippen molar-refractivity contribution >= 4 is 22.8 Å². The van der Waals surface area contributed by atoms with E-state index in [4.69, 9.17) is 16.2 Å². The van der Waals surface area contributed by atoms with Crippen LogP contribution in [-0.2, 0) is 0 Å². The van der Waals surface area contributed by atoms with Crippen molar-refractivity contribution in [3.63, 3.8) is 0 Å². The molecule has 0 aliphatic heterocycles. The van der Waals surface area contributed by atoms with Crippen LogP contribution in [0.1, 0.15) is 0 Å². The van der Waals surface area contributed by atoms with Crippen molar-refractivity contribution in [2.75, 3.05) is 11.5 Å². The quantitative estimate of drug-likeness (QED) is 0.354. The second-order valence-electron chi connectivity index (χ2n) is 7.12. The minimum absolute atomic E-state index is 0.0655. The molecule has 3 aromatic heterocycles. The fraction of sp³-hybridized carbons (Fsp3) is 0. The van der Waals surface area contributed by atoms with E-state index in [1.807, 2.05) is 0 Å². The van der Waals surface area contributed by atoms with Gasteiger partial charge in [-0.3, -0.25) is 0 Å². The van der Waals surface area contributed by atoms with Gasteiger partial charge in [-0.2, -0.15) is 4.98 Å². The molecule has 5 N–H and O–H groups in total. The SMILES string of the molecule is Nc1nc(N)c(-c2cc(F)c(Oc3ccnc4[nH]ccc34)c(F)c2)c(-c2ccc(F)cc2)n1. The summed E-state index contributed by atoms with van der Waals surface area (Å²) in [7, 11) is 0. The molecule has 0 bridgehead atoms. The first kappa shape index (κ1) is 20.3. The number of nitrogen functional groups attached to an aromatic ring is 2. The monoisotopic (exact) mass is 448 g/mol. The number of fused-ring (bicyclic) bond motifs is 1. The maximum atomic E-state index is 15.1. The Morgan fingerprint density at radius 2 is 1.58 bits per heavy atom. The number of hydrogen-bond donors (Lipinski definition) is 3. The van der Waals surface area contributed by atoms with Crippen LogP contribution in [0.25, 0.3) is 33.4 Å². The van der Waals surface area contributed by atoms with Crippen LogP contribution < -0.4 is 16.2 Å². The van der Waals surface area contributed by atoms with Crippen LogP contribution in [0.5, 0.6) is 11.5 Å². The lowest BCUT2D eigenvalue weighted by Gasteiger charge is -2.14. The van der Waals surface area contributed by atoms with E-state index in [2.05, 4.69) is 19.9 Å². The third-order valence-electron chi connectivity index (χ3n) is 4.99. The summed E-state index contributed by atoms with van der Waals surface area (Å²) in [5.74, 6) is -2.97. The fourth-order valence-corrected chi connectivity index (χ4v) is 3.53. The number of hydrogen-bond acceptors (Lipinski definition) is 6. The summed E-state index contributed by atoms with van der Waals surface area (Å²) < 4.78 is 49.1. The highest BCUT2D eigenvalue weighted by molar-refractivity contribution is 5.88. The van der Waals surface area contributed by atoms with Crippen LogP contribution in [0.15, 0.2) is 60.9 Å². The number of anilines is 2. The van der Waals surface area contributed by atoms with E-state index < -0.39 is 23.2 Å². The molecule has 5 rings (SSSR count). The molecule has 10 heteroatoms. The lowest BCUT2D eigenvalue weighted by Crippen LogP contribution is -2.05. The third kappa shape index (κ3) is 3.67. The second kappa shape index (κ2) is 7.83. The average molecular weight is 448 g/mol. The maximum absolute atomic E-state index is 15.1. The van der Waals surface area contributed by atoms with Crippen molar-refractivity contribution in [1.29, 1.82) is 0 Å². The average Bonchev–Trinajstić information content (AvgIpc) is 3.26. The molecule has 0 saturated heterocycles. The second-order valence-corrected chi connectivity index (χ2v) is 7.12. The Balaban J connectivity index is 1.62. The molecular formula is C23H15F3N6O. The van der Waals surface area contributed by atoms with Gasteiger partial charge in [0.05, 0.1) is 16.6 Å². The molecule has 0 atom stereocenters. The van der Waals surface area contributed by atoms with Crippen molar-refractivity contribution in [2.45, 2.75) is 0 Å². The zero-order valence-electron chi connectivity index (χ0n) is 16.8. The van der Waals surface area contributed by atoms with Gasteiger partial charge in [0.15, 0.2) is 17.4 Å². The van der Waals surface area contributed by atoms with Gasteiger partial charge in [0.1, 0.15) is 23.0 Å². The molecule has 7 nitrogen and oxygen atoms in total. The Hall–Kier alpha value is -4.60. The van der Waals surface area contributed by atoms with Crippen LogP contribution in [0.3, 0.4) is 0 Å². The van der Waals surface area contributed by atoms with Gasteiger partial charge in [-0.05, 0) is 54.1 Å². The Kier molecular flexibility index (Phi) is 4.82. The van der Waals surface area contributed by atoms with Crippen LogP contribution in [0.2, 0.25) is 0 Å². The van der Waals surface area contributed by atoms with E-state index in [0.29, 0.717) is 16.6 Å². The van der Waals surface area contributed by atoms with Gasteiger partial charge in [0, 0.05) is 18.0 Å². The zero-order chi connectivity index (χ0) is 23.1. The lowest BCUT2D eigenvalue weighted by atomic mass is 9.99. The van der Waals surface area contributed by atoms with Crippen LogP contribution >= 0.6 is 0 Å². The molecule has 3 heterocycles. The molecule has 0 radical (unpaired) electrons. The van der Waals surface area contributed by atoms with E-state index in [-0.39, 0.29) is 34.3 Å². The molecule has 2 aromatic carbocycles. The molecule has 0 aliphatic rings. The molecule has 0 amide bonds. The molecule has 0 fully saturated rings. The van der Waals surface area contributed by atoms with E-state index >= 15 is 8.78 Å². The van der Waals surface area contributed by atoms with E-state index in [1.165, 1.54) is 36.5 Å². The number of pyridine rings is 1. The van der Waals surface area contributed by atoms with Crippen molar-refractivity contribution in [2.24, 2.45) is 0 Å². The van der Waals surface area contributed by atoms with Crippen molar-refractivity contribution in [3.05, 3.63) is 78.4 Å². The van der Waals surface area contributed by atoms with E-state index in [9.17, 15) is 4.39 Å².